The van der Waals surface area contributed by atoms with Crippen LogP contribution in [0.25, 0.3) is 5.57 Å². The largest absolute Gasteiger partial charge is 0.491 e. The number of halogens is 2. The van der Waals surface area contributed by atoms with Gasteiger partial charge < -0.3 is 4.74 Å². The van der Waals surface area contributed by atoms with E-state index in [1.165, 1.54) is 18.9 Å². The first-order valence-corrected chi connectivity index (χ1v) is 7.49. The fraction of sp³-hybridized carbons (Fsp3) is 0.529. The minimum atomic E-state index is -0.873. The molecule has 0 saturated heterocycles. The molecule has 0 amide bonds. The molecule has 0 spiro atoms. The second-order valence-corrected chi connectivity index (χ2v) is 5.31. The van der Waals surface area contributed by atoms with Crippen molar-refractivity contribution in [3.8, 4) is 5.75 Å². The van der Waals surface area contributed by atoms with E-state index >= 15 is 0 Å². The summed E-state index contributed by atoms with van der Waals surface area (Å²) in [6.45, 7) is 4.25. The first-order chi connectivity index (χ1) is 9.67. The summed E-state index contributed by atoms with van der Waals surface area (Å²) < 4.78 is 33.1. The van der Waals surface area contributed by atoms with Gasteiger partial charge in [0.2, 0.25) is 5.82 Å². The Morgan fingerprint density at radius 2 is 2.00 bits per heavy atom. The molecule has 0 heterocycles. The molecule has 0 fully saturated rings. The van der Waals surface area contributed by atoms with Gasteiger partial charge in [0.05, 0.1) is 6.61 Å². The van der Waals surface area contributed by atoms with Crippen molar-refractivity contribution in [2.75, 3.05) is 6.61 Å². The zero-order valence-corrected chi connectivity index (χ0v) is 12.2. The summed E-state index contributed by atoms with van der Waals surface area (Å²) in [6, 6.07) is 3.16. The first-order valence-electron chi connectivity index (χ1n) is 7.49. The zero-order valence-electron chi connectivity index (χ0n) is 12.2. The third-order valence-corrected chi connectivity index (χ3v) is 3.84. The molecule has 0 N–H and O–H groups in total. The SMILES string of the molecule is CCCCC1C=C(c2ccc(OCC)c(F)c2F)CC1. The van der Waals surface area contributed by atoms with Crippen molar-refractivity contribution in [2.45, 2.75) is 46.0 Å². The highest BCUT2D eigenvalue weighted by molar-refractivity contribution is 5.68. The highest BCUT2D eigenvalue weighted by Gasteiger charge is 2.22. The molecule has 1 aliphatic carbocycles. The Balaban J connectivity index is 2.19. The highest BCUT2D eigenvalue weighted by Crippen LogP contribution is 2.37. The van der Waals surface area contributed by atoms with Gasteiger partial charge in [-0.3, -0.25) is 0 Å². The second-order valence-electron chi connectivity index (χ2n) is 5.31. The van der Waals surface area contributed by atoms with Crippen LogP contribution in [-0.4, -0.2) is 6.61 Å². The molecule has 1 nitrogen and oxygen atoms in total. The number of unbranched alkanes of at least 4 members (excludes halogenated alkanes) is 1. The van der Waals surface area contributed by atoms with E-state index in [-0.39, 0.29) is 5.75 Å². The van der Waals surface area contributed by atoms with Crippen LogP contribution in [0.3, 0.4) is 0 Å². The van der Waals surface area contributed by atoms with Gasteiger partial charge in [-0.1, -0.05) is 25.8 Å². The molecule has 0 bridgehead atoms. The Bertz CT molecular complexity index is 494. The average molecular weight is 280 g/mol. The first kappa shape index (κ1) is 15.0. The second kappa shape index (κ2) is 6.87. The third kappa shape index (κ3) is 3.20. The van der Waals surface area contributed by atoms with Crippen LogP contribution in [0.15, 0.2) is 18.2 Å². The van der Waals surface area contributed by atoms with Gasteiger partial charge in [0, 0.05) is 5.56 Å². The summed E-state index contributed by atoms with van der Waals surface area (Å²) in [5.74, 6) is -1.14. The van der Waals surface area contributed by atoms with Crippen LogP contribution in [-0.2, 0) is 0 Å². The van der Waals surface area contributed by atoms with Gasteiger partial charge >= 0.3 is 0 Å². The van der Waals surface area contributed by atoms with Crippen LogP contribution >= 0.6 is 0 Å². The average Bonchev–Trinajstić information content (AvgIpc) is 2.90. The Morgan fingerprint density at radius 1 is 1.20 bits per heavy atom. The van der Waals surface area contributed by atoms with Gasteiger partial charge in [0.1, 0.15) is 0 Å². The van der Waals surface area contributed by atoms with Gasteiger partial charge in [-0.25, -0.2) is 4.39 Å². The Labute approximate surface area is 119 Å². The van der Waals surface area contributed by atoms with Gasteiger partial charge in [0.25, 0.3) is 0 Å². The summed E-state index contributed by atoms with van der Waals surface area (Å²) >= 11 is 0. The topological polar surface area (TPSA) is 9.23 Å². The van der Waals surface area contributed by atoms with Crippen molar-refractivity contribution in [3.63, 3.8) is 0 Å². The summed E-state index contributed by atoms with van der Waals surface area (Å²) in [6.07, 6.45) is 7.50. The molecule has 1 atom stereocenters. The molecule has 1 unspecified atom stereocenters. The van der Waals surface area contributed by atoms with Gasteiger partial charge in [-0.2, -0.15) is 4.39 Å². The number of ether oxygens (including phenoxy) is 1. The predicted octanol–water partition coefficient (Wildman–Crippen LogP) is 5.35. The minimum Gasteiger partial charge on any atom is -0.491 e. The summed E-state index contributed by atoms with van der Waals surface area (Å²) in [7, 11) is 0. The Morgan fingerprint density at radius 3 is 2.70 bits per heavy atom. The molecule has 0 aliphatic heterocycles. The van der Waals surface area contributed by atoms with Crippen LogP contribution in [0.2, 0.25) is 0 Å². The molecule has 1 aromatic carbocycles. The van der Waals surface area contributed by atoms with E-state index in [9.17, 15) is 8.78 Å². The minimum absolute atomic E-state index is 0.00474. The maximum absolute atomic E-state index is 14.1. The van der Waals surface area contributed by atoms with Crippen molar-refractivity contribution < 1.29 is 13.5 Å². The number of allylic oxidation sites excluding steroid dienone is 2. The van der Waals surface area contributed by atoms with E-state index in [4.69, 9.17) is 4.74 Å². The normalized spacial score (nSPS) is 18.2. The van der Waals surface area contributed by atoms with Crippen molar-refractivity contribution in [1.29, 1.82) is 0 Å². The van der Waals surface area contributed by atoms with Crippen LogP contribution in [0.4, 0.5) is 8.78 Å². The van der Waals surface area contributed by atoms with Gasteiger partial charge in [-0.05, 0) is 49.8 Å². The van der Waals surface area contributed by atoms with Crippen LogP contribution < -0.4 is 4.74 Å². The Kier molecular flexibility index (Phi) is 5.16. The van der Waals surface area contributed by atoms with Crippen LogP contribution in [0, 0.1) is 17.6 Å². The molecular formula is C17H22F2O. The quantitative estimate of drug-likeness (QED) is 0.682. The molecule has 20 heavy (non-hydrogen) atoms. The number of rotatable bonds is 6. The lowest BCUT2D eigenvalue weighted by Crippen LogP contribution is -1.99. The lowest BCUT2D eigenvalue weighted by molar-refractivity contribution is 0.314. The van der Waals surface area contributed by atoms with E-state index in [0.29, 0.717) is 18.1 Å². The van der Waals surface area contributed by atoms with Gasteiger partial charge in [0.15, 0.2) is 11.6 Å². The zero-order chi connectivity index (χ0) is 14.5. The van der Waals surface area contributed by atoms with E-state index in [2.05, 4.69) is 13.0 Å². The molecule has 110 valence electrons. The number of hydrogen-bond donors (Lipinski definition) is 0. The molecule has 2 rings (SSSR count). The monoisotopic (exact) mass is 280 g/mol. The summed E-state index contributed by atoms with van der Waals surface area (Å²) in [5.41, 5.74) is 1.33. The summed E-state index contributed by atoms with van der Waals surface area (Å²) in [4.78, 5) is 0. The molecule has 0 radical (unpaired) electrons. The lowest BCUT2D eigenvalue weighted by atomic mass is 10.0. The molecule has 1 aliphatic rings. The van der Waals surface area contributed by atoms with E-state index in [0.717, 1.165) is 24.8 Å². The van der Waals surface area contributed by atoms with Crippen molar-refractivity contribution in [3.05, 3.63) is 35.4 Å². The highest BCUT2D eigenvalue weighted by atomic mass is 19.2. The van der Waals surface area contributed by atoms with E-state index in [1.54, 1.807) is 13.0 Å². The molecular weight excluding hydrogens is 258 g/mol. The summed E-state index contributed by atoms with van der Waals surface area (Å²) in [5, 5.41) is 0. The van der Waals surface area contributed by atoms with Crippen molar-refractivity contribution in [2.24, 2.45) is 5.92 Å². The van der Waals surface area contributed by atoms with Crippen molar-refractivity contribution >= 4 is 5.57 Å². The lowest BCUT2D eigenvalue weighted by Gasteiger charge is -2.09. The molecule has 0 saturated carbocycles. The maximum atomic E-state index is 14.1. The van der Waals surface area contributed by atoms with E-state index in [1.807, 2.05) is 0 Å². The molecule has 3 heteroatoms. The number of benzene rings is 1. The molecule has 0 aromatic heterocycles. The van der Waals surface area contributed by atoms with Crippen LogP contribution in [0.5, 0.6) is 5.75 Å². The van der Waals surface area contributed by atoms with Gasteiger partial charge in [-0.15, -0.1) is 0 Å². The Hall–Kier alpha value is -1.38. The van der Waals surface area contributed by atoms with Crippen molar-refractivity contribution in [1.82, 2.24) is 0 Å². The fourth-order valence-electron chi connectivity index (χ4n) is 2.76. The van der Waals surface area contributed by atoms with E-state index < -0.39 is 11.6 Å². The number of hydrogen-bond acceptors (Lipinski definition) is 1. The third-order valence-electron chi connectivity index (χ3n) is 3.84. The van der Waals surface area contributed by atoms with Crippen LogP contribution in [0.1, 0.15) is 51.5 Å². The predicted molar refractivity (Wildman–Crippen MR) is 77.8 cm³/mol. The maximum Gasteiger partial charge on any atom is 0.201 e. The fourth-order valence-corrected chi connectivity index (χ4v) is 2.76. The smallest absolute Gasteiger partial charge is 0.201 e. The molecule has 1 aromatic rings. The standard InChI is InChI=1S/C17H22F2O/c1-3-5-6-12-7-8-13(11-12)14-9-10-15(20-4-2)17(19)16(14)18/h9-12H,3-8H2,1-2H3.